The van der Waals surface area contributed by atoms with E-state index in [9.17, 15) is 14.5 Å². The Morgan fingerprint density at radius 3 is 2.85 bits per heavy atom. The highest BCUT2D eigenvalue weighted by atomic mass is 35.5. The number of hydrogen-bond donors (Lipinski definition) is 0. The summed E-state index contributed by atoms with van der Waals surface area (Å²) in [5.41, 5.74) is -0.415. The summed E-state index contributed by atoms with van der Waals surface area (Å²) in [6.45, 7) is -1.12. The molecule has 0 amide bonds. The average molecular weight is 206 g/mol. The molecule has 13 heavy (non-hydrogen) atoms. The van der Waals surface area contributed by atoms with Gasteiger partial charge in [0.2, 0.25) is 12.6 Å². The molecule has 70 valence electrons. The van der Waals surface area contributed by atoms with Gasteiger partial charge in [-0.25, -0.2) is 4.39 Å². The van der Waals surface area contributed by atoms with Gasteiger partial charge < -0.3 is 4.74 Å². The number of nitro groups is 1. The van der Waals surface area contributed by atoms with Crippen molar-refractivity contribution in [3.63, 3.8) is 0 Å². The minimum Gasteiger partial charge on any atom is -0.456 e. The van der Waals surface area contributed by atoms with Crippen molar-refractivity contribution in [2.24, 2.45) is 0 Å². The third kappa shape index (κ3) is 2.06. The average Bonchev–Trinajstić information content (AvgIpc) is 2.04. The minimum atomic E-state index is -1.12. The lowest BCUT2D eigenvalue weighted by Crippen LogP contribution is -1.96. The molecule has 4 nitrogen and oxygen atoms in total. The Morgan fingerprint density at radius 1 is 1.62 bits per heavy atom. The molecule has 0 aliphatic rings. The summed E-state index contributed by atoms with van der Waals surface area (Å²) in [6, 6.07) is 4.06. The van der Waals surface area contributed by atoms with Crippen LogP contribution in [0.3, 0.4) is 0 Å². The van der Waals surface area contributed by atoms with E-state index in [0.29, 0.717) is 0 Å². The van der Waals surface area contributed by atoms with E-state index in [1.165, 1.54) is 18.2 Å². The summed E-state index contributed by atoms with van der Waals surface area (Å²) in [4.78, 5) is 9.72. The van der Waals surface area contributed by atoms with Gasteiger partial charge in [-0.3, -0.25) is 10.1 Å². The maximum atomic E-state index is 11.8. The van der Waals surface area contributed by atoms with Crippen molar-refractivity contribution >= 4 is 17.3 Å². The first-order valence-corrected chi connectivity index (χ1v) is 3.66. The molecule has 0 aliphatic heterocycles. The van der Waals surface area contributed by atoms with Crippen LogP contribution in [0.2, 0.25) is 5.02 Å². The molecule has 0 heterocycles. The molecule has 0 atom stereocenters. The fourth-order valence-corrected chi connectivity index (χ4v) is 1.08. The lowest BCUT2D eigenvalue weighted by Gasteiger charge is -2.02. The summed E-state index contributed by atoms with van der Waals surface area (Å²) in [6.07, 6.45) is 0. The number of alkyl halides is 1. The highest BCUT2D eigenvalue weighted by molar-refractivity contribution is 6.32. The van der Waals surface area contributed by atoms with Crippen LogP contribution in [0.5, 0.6) is 5.75 Å². The van der Waals surface area contributed by atoms with Gasteiger partial charge in [-0.1, -0.05) is 17.7 Å². The zero-order valence-electron chi connectivity index (χ0n) is 6.37. The first-order valence-electron chi connectivity index (χ1n) is 3.28. The SMILES string of the molecule is O=[N+]([O-])c1c(Cl)cccc1OCF. The standard InChI is InChI=1S/C7H5ClFNO3/c8-5-2-1-3-6(13-4-9)7(5)10(11)12/h1-3H,4H2. The van der Waals surface area contributed by atoms with Crippen molar-refractivity contribution in [3.8, 4) is 5.75 Å². The second kappa shape index (κ2) is 4.04. The van der Waals surface area contributed by atoms with E-state index in [-0.39, 0.29) is 10.8 Å². The van der Waals surface area contributed by atoms with Crippen LogP contribution in [0, 0.1) is 10.1 Å². The van der Waals surface area contributed by atoms with Crippen molar-refractivity contribution in [2.45, 2.75) is 0 Å². The Bertz CT molecular complexity index is 332. The topological polar surface area (TPSA) is 52.4 Å². The summed E-state index contributed by atoms with van der Waals surface area (Å²) >= 11 is 5.52. The Balaban J connectivity index is 3.17. The molecule has 0 fully saturated rings. The highest BCUT2D eigenvalue weighted by Crippen LogP contribution is 2.33. The molecule has 1 aromatic carbocycles. The third-order valence-corrected chi connectivity index (χ3v) is 1.65. The molecule has 0 N–H and O–H groups in total. The Morgan fingerprint density at radius 2 is 2.31 bits per heavy atom. The van der Waals surface area contributed by atoms with E-state index < -0.39 is 17.5 Å². The Hall–Kier alpha value is -1.36. The van der Waals surface area contributed by atoms with Crippen molar-refractivity contribution < 1.29 is 14.1 Å². The minimum absolute atomic E-state index is 0.0732. The molecule has 1 aromatic rings. The molecule has 0 aromatic heterocycles. The zero-order chi connectivity index (χ0) is 9.84. The fraction of sp³-hybridized carbons (Fsp3) is 0.143. The predicted octanol–water partition coefficient (Wildman–Crippen LogP) is 2.55. The van der Waals surface area contributed by atoms with Crippen LogP contribution in [0.1, 0.15) is 0 Å². The molecule has 0 saturated carbocycles. The number of hydrogen-bond acceptors (Lipinski definition) is 3. The normalized spacial score (nSPS) is 9.69. The largest absolute Gasteiger partial charge is 0.456 e. The lowest BCUT2D eigenvalue weighted by atomic mass is 10.3. The molecule has 0 radical (unpaired) electrons. The van der Waals surface area contributed by atoms with E-state index in [1.807, 2.05) is 0 Å². The maximum Gasteiger partial charge on any atom is 0.329 e. The van der Waals surface area contributed by atoms with E-state index in [2.05, 4.69) is 4.74 Å². The molecule has 0 saturated heterocycles. The molecule has 1 rings (SSSR count). The molecular weight excluding hydrogens is 201 g/mol. The number of para-hydroxylation sites is 1. The van der Waals surface area contributed by atoms with Gasteiger partial charge in [0, 0.05) is 0 Å². The van der Waals surface area contributed by atoms with Crippen molar-refractivity contribution in [1.29, 1.82) is 0 Å². The summed E-state index contributed by atoms with van der Waals surface area (Å²) < 4.78 is 16.2. The van der Waals surface area contributed by atoms with Gasteiger partial charge in [0.25, 0.3) is 0 Å². The van der Waals surface area contributed by atoms with Gasteiger partial charge in [-0.05, 0) is 12.1 Å². The number of ether oxygens (including phenoxy) is 1. The fourth-order valence-electron chi connectivity index (χ4n) is 0.848. The number of nitro benzene ring substituents is 1. The number of nitrogens with zero attached hydrogens (tertiary/aromatic N) is 1. The molecule has 0 aliphatic carbocycles. The first kappa shape index (κ1) is 9.73. The molecular formula is C7H5ClFNO3. The van der Waals surface area contributed by atoms with E-state index in [0.717, 1.165) is 0 Å². The second-order valence-corrected chi connectivity index (χ2v) is 2.50. The number of rotatable bonds is 3. The second-order valence-electron chi connectivity index (χ2n) is 2.10. The molecule has 6 heteroatoms. The predicted molar refractivity (Wildman–Crippen MR) is 44.7 cm³/mol. The smallest absolute Gasteiger partial charge is 0.329 e. The van der Waals surface area contributed by atoms with E-state index >= 15 is 0 Å². The van der Waals surface area contributed by atoms with Crippen molar-refractivity contribution in [3.05, 3.63) is 33.3 Å². The third-order valence-electron chi connectivity index (χ3n) is 1.34. The van der Waals surface area contributed by atoms with Gasteiger partial charge in [-0.15, -0.1) is 0 Å². The van der Waals surface area contributed by atoms with Gasteiger partial charge >= 0.3 is 5.69 Å². The quantitative estimate of drug-likeness (QED) is 0.563. The number of benzene rings is 1. The first-order chi connectivity index (χ1) is 6.16. The van der Waals surface area contributed by atoms with Gasteiger partial charge in [0.05, 0.1) is 4.92 Å². The van der Waals surface area contributed by atoms with Gasteiger partial charge in [-0.2, -0.15) is 0 Å². The van der Waals surface area contributed by atoms with Crippen LogP contribution in [-0.2, 0) is 0 Å². The number of halogens is 2. The molecule has 0 unspecified atom stereocenters. The van der Waals surface area contributed by atoms with Gasteiger partial charge in [0.15, 0.2) is 0 Å². The monoisotopic (exact) mass is 205 g/mol. The Labute approximate surface area is 78.0 Å². The zero-order valence-corrected chi connectivity index (χ0v) is 7.12. The van der Waals surface area contributed by atoms with E-state index in [1.54, 1.807) is 0 Å². The van der Waals surface area contributed by atoms with Crippen LogP contribution in [0.15, 0.2) is 18.2 Å². The van der Waals surface area contributed by atoms with Crippen LogP contribution in [-0.4, -0.2) is 11.8 Å². The van der Waals surface area contributed by atoms with E-state index in [4.69, 9.17) is 11.6 Å². The summed E-state index contributed by atoms with van der Waals surface area (Å²) in [7, 11) is 0. The van der Waals surface area contributed by atoms with Crippen LogP contribution in [0.25, 0.3) is 0 Å². The molecule has 0 spiro atoms. The summed E-state index contributed by atoms with van der Waals surface area (Å²) in [5.74, 6) is -0.167. The van der Waals surface area contributed by atoms with Crippen LogP contribution >= 0.6 is 11.6 Å². The highest BCUT2D eigenvalue weighted by Gasteiger charge is 2.19. The maximum absolute atomic E-state index is 11.8. The van der Waals surface area contributed by atoms with Crippen LogP contribution in [0.4, 0.5) is 10.1 Å². The lowest BCUT2D eigenvalue weighted by molar-refractivity contribution is -0.385. The molecule has 0 bridgehead atoms. The van der Waals surface area contributed by atoms with Crippen molar-refractivity contribution in [1.82, 2.24) is 0 Å². The summed E-state index contributed by atoms with van der Waals surface area (Å²) in [5, 5.41) is 10.4. The van der Waals surface area contributed by atoms with Crippen molar-refractivity contribution in [2.75, 3.05) is 6.86 Å². The Kier molecular flexibility index (Phi) is 3.02. The van der Waals surface area contributed by atoms with Gasteiger partial charge in [0.1, 0.15) is 5.02 Å². The van der Waals surface area contributed by atoms with Crippen LogP contribution < -0.4 is 4.74 Å².